The van der Waals surface area contributed by atoms with E-state index < -0.39 is 0 Å². The number of thiazole rings is 1. The molecule has 1 fully saturated rings. The van der Waals surface area contributed by atoms with Gasteiger partial charge < -0.3 is 5.73 Å². The normalized spacial score (nSPS) is 25.4. The fourth-order valence-corrected chi connectivity index (χ4v) is 2.73. The third-order valence-electron chi connectivity index (χ3n) is 3.01. The molecule has 0 aliphatic carbocycles. The molecule has 2 N–H and O–H groups in total. The van der Waals surface area contributed by atoms with Crippen LogP contribution in [0.1, 0.15) is 24.4 Å². The third-order valence-corrected chi connectivity index (χ3v) is 3.95. The summed E-state index contributed by atoms with van der Waals surface area (Å²) >= 11 is 1.74. The zero-order valence-corrected chi connectivity index (χ0v) is 9.33. The molecule has 1 saturated heterocycles. The van der Waals surface area contributed by atoms with Gasteiger partial charge in [0.05, 0.1) is 6.04 Å². The lowest BCUT2D eigenvalue weighted by Crippen LogP contribution is -2.26. The highest BCUT2D eigenvalue weighted by Crippen LogP contribution is 2.27. The van der Waals surface area contributed by atoms with E-state index in [1.165, 1.54) is 18.0 Å². The van der Waals surface area contributed by atoms with Gasteiger partial charge in [-0.25, -0.2) is 4.98 Å². The minimum absolute atomic E-state index is 0.464. The van der Waals surface area contributed by atoms with Crippen LogP contribution < -0.4 is 5.73 Å². The SMILES string of the molecule is C[C@@H](c1nccs1)N1CC[C@H](CN)C1. The van der Waals surface area contributed by atoms with E-state index in [1.54, 1.807) is 11.3 Å². The number of aromatic nitrogens is 1. The van der Waals surface area contributed by atoms with Crippen LogP contribution in [0.3, 0.4) is 0 Å². The fraction of sp³-hybridized carbons (Fsp3) is 0.700. The van der Waals surface area contributed by atoms with E-state index in [2.05, 4.69) is 16.8 Å². The summed E-state index contributed by atoms with van der Waals surface area (Å²) in [6.45, 7) is 5.36. The Kier molecular flexibility index (Phi) is 3.15. The second-order valence-corrected chi connectivity index (χ2v) is 4.86. The Bertz CT molecular complexity index is 273. The average Bonchev–Trinajstić information content (AvgIpc) is 2.88. The van der Waals surface area contributed by atoms with Crippen LogP contribution in [0.2, 0.25) is 0 Å². The third kappa shape index (κ3) is 1.97. The molecule has 4 heteroatoms. The Hall–Kier alpha value is -0.450. The van der Waals surface area contributed by atoms with Crippen molar-refractivity contribution in [3.63, 3.8) is 0 Å². The molecule has 0 unspecified atom stereocenters. The van der Waals surface area contributed by atoms with Gasteiger partial charge in [-0.3, -0.25) is 4.90 Å². The van der Waals surface area contributed by atoms with Crippen LogP contribution >= 0.6 is 11.3 Å². The van der Waals surface area contributed by atoms with Crippen molar-refractivity contribution in [1.29, 1.82) is 0 Å². The smallest absolute Gasteiger partial charge is 0.109 e. The molecule has 3 nitrogen and oxygen atoms in total. The predicted octanol–water partition coefficient (Wildman–Crippen LogP) is 1.48. The molecule has 1 aromatic rings. The number of hydrogen-bond donors (Lipinski definition) is 1. The molecule has 0 radical (unpaired) electrons. The fourth-order valence-electron chi connectivity index (χ4n) is 2.00. The van der Waals surface area contributed by atoms with Gasteiger partial charge in [0, 0.05) is 18.1 Å². The second-order valence-electron chi connectivity index (χ2n) is 3.93. The minimum Gasteiger partial charge on any atom is -0.330 e. The Morgan fingerprint density at radius 3 is 3.21 bits per heavy atom. The van der Waals surface area contributed by atoms with Crippen LogP contribution in [0, 0.1) is 5.92 Å². The highest BCUT2D eigenvalue weighted by Gasteiger charge is 2.26. The molecule has 0 amide bonds. The molecule has 0 spiro atoms. The van der Waals surface area contributed by atoms with Gasteiger partial charge in [-0.15, -0.1) is 11.3 Å². The lowest BCUT2D eigenvalue weighted by molar-refractivity contribution is 0.253. The summed E-state index contributed by atoms with van der Waals surface area (Å²) in [4.78, 5) is 6.84. The van der Waals surface area contributed by atoms with Gasteiger partial charge >= 0.3 is 0 Å². The molecule has 1 aliphatic rings. The van der Waals surface area contributed by atoms with Crippen LogP contribution in [0.5, 0.6) is 0 Å². The first-order valence-electron chi connectivity index (χ1n) is 5.14. The van der Waals surface area contributed by atoms with Gasteiger partial charge in [-0.2, -0.15) is 0 Å². The van der Waals surface area contributed by atoms with Gasteiger partial charge in [-0.1, -0.05) is 0 Å². The number of rotatable bonds is 3. The highest BCUT2D eigenvalue weighted by molar-refractivity contribution is 7.09. The van der Waals surface area contributed by atoms with Crippen molar-refractivity contribution in [3.05, 3.63) is 16.6 Å². The van der Waals surface area contributed by atoms with E-state index in [4.69, 9.17) is 5.73 Å². The summed E-state index contributed by atoms with van der Waals surface area (Å²) in [5.74, 6) is 0.692. The van der Waals surface area contributed by atoms with E-state index in [0.29, 0.717) is 12.0 Å². The molecule has 2 heterocycles. The van der Waals surface area contributed by atoms with Crippen molar-refractivity contribution >= 4 is 11.3 Å². The van der Waals surface area contributed by atoms with Crippen molar-refractivity contribution in [2.24, 2.45) is 11.7 Å². The summed E-state index contributed by atoms with van der Waals surface area (Å²) in [7, 11) is 0. The first-order valence-corrected chi connectivity index (χ1v) is 6.02. The molecule has 78 valence electrons. The maximum absolute atomic E-state index is 5.68. The van der Waals surface area contributed by atoms with Crippen molar-refractivity contribution in [2.75, 3.05) is 19.6 Å². The van der Waals surface area contributed by atoms with Crippen LogP contribution in [0.15, 0.2) is 11.6 Å². The average molecular weight is 211 g/mol. The molecule has 2 atom stereocenters. The Morgan fingerprint density at radius 1 is 1.79 bits per heavy atom. The van der Waals surface area contributed by atoms with E-state index >= 15 is 0 Å². The molecule has 1 aromatic heterocycles. The molecular weight excluding hydrogens is 194 g/mol. The van der Waals surface area contributed by atoms with Gasteiger partial charge in [0.15, 0.2) is 0 Å². The van der Waals surface area contributed by atoms with Crippen LogP contribution in [0.25, 0.3) is 0 Å². The van der Waals surface area contributed by atoms with E-state index in [0.717, 1.165) is 13.1 Å². The molecule has 0 aromatic carbocycles. The first kappa shape index (κ1) is 10.1. The zero-order valence-electron chi connectivity index (χ0n) is 8.52. The summed E-state index contributed by atoms with van der Waals surface area (Å²) < 4.78 is 0. The summed E-state index contributed by atoms with van der Waals surface area (Å²) in [5, 5.41) is 3.27. The largest absolute Gasteiger partial charge is 0.330 e. The van der Waals surface area contributed by atoms with E-state index in [1.807, 2.05) is 11.6 Å². The minimum atomic E-state index is 0.464. The van der Waals surface area contributed by atoms with Gasteiger partial charge in [0.25, 0.3) is 0 Å². The second kappa shape index (κ2) is 4.38. The summed E-state index contributed by atoms with van der Waals surface area (Å²) in [5.41, 5.74) is 5.68. The molecule has 2 rings (SSSR count). The Balaban J connectivity index is 1.97. The van der Waals surface area contributed by atoms with Gasteiger partial charge in [0.1, 0.15) is 5.01 Å². The van der Waals surface area contributed by atoms with Crippen LogP contribution in [-0.4, -0.2) is 29.5 Å². The molecule has 14 heavy (non-hydrogen) atoms. The van der Waals surface area contributed by atoms with E-state index in [-0.39, 0.29) is 0 Å². The van der Waals surface area contributed by atoms with Crippen LogP contribution in [-0.2, 0) is 0 Å². The monoisotopic (exact) mass is 211 g/mol. The van der Waals surface area contributed by atoms with Crippen molar-refractivity contribution in [3.8, 4) is 0 Å². The standard InChI is InChI=1S/C10H17N3S/c1-8(10-12-3-5-14-10)13-4-2-9(6-11)7-13/h3,5,8-9H,2,4,6-7,11H2,1H3/t8-,9+/m0/s1. The van der Waals surface area contributed by atoms with Crippen molar-refractivity contribution < 1.29 is 0 Å². The lowest BCUT2D eigenvalue weighted by Gasteiger charge is -2.22. The predicted molar refractivity (Wildman–Crippen MR) is 59.3 cm³/mol. The maximum Gasteiger partial charge on any atom is 0.109 e. The topological polar surface area (TPSA) is 42.2 Å². The number of likely N-dealkylation sites (tertiary alicyclic amines) is 1. The lowest BCUT2D eigenvalue weighted by atomic mass is 10.1. The van der Waals surface area contributed by atoms with Gasteiger partial charge in [-0.05, 0) is 32.4 Å². The van der Waals surface area contributed by atoms with Crippen molar-refractivity contribution in [2.45, 2.75) is 19.4 Å². The number of hydrogen-bond acceptors (Lipinski definition) is 4. The zero-order chi connectivity index (χ0) is 9.97. The Morgan fingerprint density at radius 2 is 2.64 bits per heavy atom. The summed E-state index contributed by atoms with van der Waals surface area (Å²) in [6.07, 6.45) is 3.12. The molecule has 1 aliphatic heterocycles. The number of nitrogens with two attached hydrogens (primary N) is 1. The first-order chi connectivity index (χ1) is 6.81. The maximum atomic E-state index is 5.68. The molecular formula is C10H17N3S. The van der Waals surface area contributed by atoms with Crippen molar-refractivity contribution in [1.82, 2.24) is 9.88 Å². The van der Waals surface area contributed by atoms with Crippen LogP contribution in [0.4, 0.5) is 0 Å². The van der Waals surface area contributed by atoms with E-state index in [9.17, 15) is 0 Å². The Labute approximate surface area is 88.9 Å². The van der Waals surface area contributed by atoms with Gasteiger partial charge in [0.2, 0.25) is 0 Å². The number of nitrogens with zero attached hydrogens (tertiary/aromatic N) is 2. The summed E-state index contributed by atoms with van der Waals surface area (Å²) in [6, 6.07) is 0.464. The quantitative estimate of drug-likeness (QED) is 0.823. The highest BCUT2D eigenvalue weighted by atomic mass is 32.1. The molecule has 0 bridgehead atoms. The molecule has 0 saturated carbocycles.